The maximum atomic E-state index is 10.5. The van der Waals surface area contributed by atoms with Gasteiger partial charge in [0.05, 0.1) is 5.60 Å². The highest BCUT2D eigenvalue weighted by Gasteiger charge is 2.27. The van der Waals surface area contributed by atoms with E-state index in [0.29, 0.717) is 0 Å². The second-order valence-electron chi connectivity index (χ2n) is 5.48. The van der Waals surface area contributed by atoms with E-state index in [2.05, 4.69) is 14.9 Å². The number of imidazole rings is 1. The van der Waals surface area contributed by atoms with Gasteiger partial charge in [0.25, 0.3) is 0 Å². The molecule has 2 N–H and O–H groups in total. The second kappa shape index (κ2) is 6.34. The van der Waals surface area contributed by atoms with Crippen LogP contribution in [0.3, 0.4) is 0 Å². The van der Waals surface area contributed by atoms with Crippen molar-refractivity contribution in [3.63, 3.8) is 0 Å². The van der Waals surface area contributed by atoms with Crippen molar-refractivity contribution in [2.24, 2.45) is 0 Å². The normalized spacial score (nSPS) is 19.7. The van der Waals surface area contributed by atoms with Crippen molar-refractivity contribution >= 4 is 0 Å². The number of hydrogen-bond donors (Lipinski definition) is 2. The Bertz CT molecular complexity index is 354. The minimum Gasteiger partial charge on any atom is -0.389 e. The molecule has 0 aliphatic heterocycles. The Morgan fingerprint density at radius 3 is 2.67 bits per heavy atom. The van der Waals surface area contributed by atoms with Gasteiger partial charge < -0.3 is 15.0 Å². The highest BCUT2D eigenvalue weighted by atomic mass is 16.3. The van der Waals surface area contributed by atoms with Gasteiger partial charge >= 0.3 is 0 Å². The van der Waals surface area contributed by atoms with Crippen LogP contribution in [0.2, 0.25) is 0 Å². The van der Waals surface area contributed by atoms with E-state index in [9.17, 15) is 5.11 Å². The van der Waals surface area contributed by atoms with Crippen LogP contribution in [-0.2, 0) is 6.54 Å². The first-order valence-corrected chi connectivity index (χ1v) is 7.10. The molecular formula is C14H25N3O. The molecule has 4 nitrogen and oxygen atoms in total. The molecule has 0 unspecified atom stereocenters. The molecule has 2 rings (SSSR count). The molecule has 1 aromatic rings. The summed E-state index contributed by atoms with van der Waals surface area (Å²) >= 11 is 0. The average Bonchev–Trinajstić information content (AvgIpc) is 2.62. The molecule has 0 radical (unpaired) electrons. The lowest BCUT2D eigenvalue weighted by Crippen LogP contribution is -2.41. The third-order valence-electron chi connectivity index (χ3n) is 3.94. The van der Waals surface area contributed by atoms with Crippen LogP contribution in [0.1, 0.15) is 44.3 Å². The van der Waals surface area contributed by atoms with Gasteiger partial charge in [-0.05, 0) is 19.8 Å². The first-order chi connectivity index (χ1) is 8.70. The van der Waals surface area contributed by atoms with Gasteiger partial charge in [-0.3, -0.25) is 0 Å². The molecule has 1 aliphatic carbocycles. The van der Waals surface area contributed by atoms with E-state index in [1.165, 1.54) is 25.7 Å². The lowest BCUT2D eigenvalue weighted by molar-refractivity contribution is 0.0253. The Kier molecular flexibility index (Phi) is 4.78. The summed E-state index contributed by atoms with van der Waals surface area (Å²) in [6.07, 6.45) is 10.6. The van der Waals surface area contributed by atoms with Gasteiger partial charge in [0.1, 0.15) is 5.82 Å². The molecule has 0 aromatic carbocycles. The van der Waals surface area contributed by atoms with Crippen molar-refractivity contribution < 1.29 is 5.11 Å². The van der Waals surface area contributed by atoms with E-state index in [4.69, 9.17) is 0 Å². The first kappa shape index (κ1) is 13.6. The molecule has 0 atom stereocenters. The Balaban J connectivity index is 1.69. The molecule has 0 bridgehead atoms. The SMILES string of the molecule is Cc1nccn1CCNCC1(O)CCCCCC1. The summed E-state index contributed by atoms with van der Waals surface area (Å²) in [6.45, 7) is 4.54. The zero-order chi connectivity index (χ0) is 12.8. The molecule has 4 heteroatoms. The maximum Gasteiger partial charge on any atom is 0.105 e. The fraction of sp³-hybridized carbons (Fsp3) is 0.786. The molecule has 1 fully saturated rings. The molecule has 0 amide bonds. The van der Waals surface area contributed by atoms with Crippen molar-refractivity contribution in [1.82, 2.24) is 14.9 Å². The van der Waals surface area contributed by atoms with E-state index in [1.807, 2.05) is 19.3 Å². The smallest absolute Gasteiger partial charge is 0.105 e. The van der Waals surface area contributed by atoms with Crippen molar-refractivity contribution in [1.29, 1.82) is 0 Å². The van der Waals surface area contributed by atoms with Crippen LogP contribution in [-0.4, -0.2) is 33.3 Å². The summed E-state index contributed by atoms with van der Waals surface area (Å²) in [5.74, 6) is 1.05. The molecule has 102 valence electrons. The minimum atomic E-state index is -0.472. The standard InChI is InChI=1S/C14H25N3O/c1-13-16-9-11-17(13)10-8-15-12-14(18)6-4-2-3-5-7-14/h9,11,15,18H,2-8,10,12H2,1H3. The molecule has 18 heavy (non-hydrogen) atoms. The van der Waals surface area contributed by atoms with Gasteiger partial charge in [-0.1, -0.05) is 25.7 Å². The Labute approximate surface area is 109 Å². The van der Waals surface area contributed by atoms with E-state index in [1.54, 1.807) is 0 Å². The quantitative estimate of drug-likeness (QED) is 0.620. The van der Waals surface area contributed by atoms with Gasteiger partial charge in [-0.2, -0.15) is 0 Å². The van der Waals surface area contributed by atoms with Gasteiger partial charge in [0, 0.05) is 32.0 Å². The number of aryl methyl sites for hydroxylation is 1. The highest BCUT2D eigenvalue weighted by molar-refractivity contribution is 4.89. The molecular weight excluding hydrogens is 226 g/mol. The van der Waals surface area contributed by atoms with Crippen molar-refractivity contribution in [3.05, 3.63) is 18.2 Å². The van der Waals surface area contributed by atoms with Crippen LogP contribution in [0.15, 0.2) is 12.4 Å². The predicted octanol–water partition coefficient (Wildman–Crippen LogP) is 1.87. The summed E-state index contributed by atoms with van der Waals surface area (Å²) in [6, 6.07) is 0. The monoisotopic (exact) mass is 251 g/mol. The zero-order valence-electron chi connectivity index (χ0n) is 11.4. The zero-order valence-corrected chi connectivity index (χ0v) is 11.4. The van der Waals surface area contributed by atoms with E-state index >= 15 is 0 Å². The Morgan fingerprint density at radius 2 is 2.06 bits per heavy atom. The number of aliphatic hydroxyl groups is 1. The van der Waals surface area contributed by atoms with E-state index in [-0.39, 0.29) is 0 Å². The second-order valence-corrected chi connectivity index (χ2v) is 5.48. The molecule has 0 saturated heterocycles. The lowest BCUT2D eigenvalue weighted by Gasteiger charge is -2.27. The summed E-state index contributed by atoms with van der Waals surface area (Å²) in [5, 5.41) is 13.9. The van der Waals surface area contributed by atoms with Gasteiger partial charge in [-0.15, -0.1) is 0 Å². The fourth-order valence-corrected chi connectivity index (χ4v) is 2.72. The number of rotatable bonds is 5. The number of aromatic nitrogens is 2. The van der Waals surface area contributed by atoms with Crippen LogP contribution in [0, 0.1) is 6.92 Å². The van der Waals surface area contributed by atoms with E-state index in [0.717, 1.165) is 38.3 Å². The molecule has 1 saturated carbocycles. The summed E-state index contributed by atoms with van der Waals surface area (Å²) in [7, 11) is 0. The predicted molar refractivity (Wildman–Crippen MR) is 72.5 cm³/mol. The summed E-state index contributed by atoms with van der Waals surface area (Å²) in [4.78, 5) is 4.20. The number of nitrogens with one attached hydrogen (secondary N) is 1. The average molecular weight is 251 g/mol. The van der Waals surface area contributed by atoms with Crippen LogP contribution in [0.25, 0.3) is 0 Å². The number of hydrogen-bond acceptors (Lipinski definition) is 3. The lowest BCUT2D eigenvalue weighted by atomic mass is 9.94. The number of nitrogens with zero attached hydrogens (tertiary/aromatic N) is 2. The van der Waals surface area contributed by atoms with Crippen molar-refractivity contribution in [2.75, 3.05) is 13.1 Å². The van der Waals surface area contributed by atoms with Crippen molar-refractivity contribution in [2.45, 2.75) is 57.6 Å². The molecule has 0 spiro atoms. The topological polar surface area (TPSA) is 50.1 Å². The third kappa shape index (κ3) is 3.82. The van der Waals surface area contributed by atoms with E-state index < -0.39 is 5.60 Å². The Morgan fingerprint density at radius 1 is 1.33 bits per heavy atom. The molecule has 1 heterocycles. The van der Waals surface area contributed by atoms with Crippen LogP contribution < -0.4 is 5.32 Å². The minimum absolute atomic E-state index is 0.472. The van der Waals surface area contributed by atoms with Crippen LogP contribution in [0.4, 0.5) is 0 Å². The highest BCUT2D eigenvalue weighted by Crippen LogP contribution is 2.26. The fourth-order valence-electron chi connectivity index (χ4n) is 2.72. The Hall–Kier alpha value is -0.870. The van der Waals surface area contributed by atoms with Gasteiger partial charge in [-0.25, -0.2) is 4.98 Å². The van der Waals surface area contributed by atoms with Gasteiger partial charge in [0.15, 0.2) is 0 Å². The van der Waals surface area contributed by atoms with Crippen molar-refractivity contribution in [3.8, 4) is 0 Å². The summed E-state index contributed by atoms with van der Waals surface area (Å²) in [5.41, 5.74) is -0.472. The largest absolute Gasteiger partial charge is 0.389 e. The van der Waals surface area contributed by atoms with Crippen LogP contribution in [0.5, 0.6) is 0 Å². The van der Waals surface area contributed by atoms with Crippen LogP contribution >= 0.6 is 0 Å². The molecule has 1 aromatic heterocycles. The maximum absolute atomic E-state index is 10.5. The first-order valence-electron chi connectivity index (χ1n) is 7.10. The molecule has 1 aliphatic rings. The summed E-state index contributed by atoms with van der Waals surface area (Å²) < 4.78 is 2.13. The third-order valence-corrected chi connectivity index (χ3v) is 3.94. The van der Waals surface area contributed by atoms with Gasteiger partial charge in [0.2, 0.25) is 0 Å².